The van der Waals surface area contributed by atoms with Gasteiger partial charge in [0.15, 0.2) is 0 Å². The van der Waals surface area contributed by atoms with Crippen LogP contribution >= 0.6 is 11.6 Å². The summed E-state index contributed by atoms with van der Waals surface area (Å²) in [5, 5.41) is 3.66. The van der Waals surface area contributed by atoms with E-state index in [-0.39, 0.29) is 17.9 Å². The molecule has 5 rings (SSSR count). The Balaban J connectivity index is 1.47. The Bertz CT molecular complexity index is 1310. The van der Waals surface area contributed by atoms with Crippen molar-refractivity contribution in [2.45, 2.75) is 58.5 Å². The van der Waals surface area contributed by atoms with E-state index in [4.69, 9.17) is 11.6 Å². The maximum Gasteiger partial charge on any atom is 0.254 e. The van der Waals surface area contributed by atoms with Gasteiger partial charge in [0.2, 0.25) is 5.91 Å². The van der Waals surface area contributed by atoms with Gasteiger partial charge in [0.1, 0.15) is 0 Å². The first-order valence-electron chi connectivity index (χ1n) is 13.6. The zero-order chi connectivity index (χ0) is 26.8. The fourth-order valence-electron chi connectivity index (χ4n) is 6.19. The molecule has 1 unspecified atom stereocenters. The second-order valence-corrected chi connectivity index (χ2v) is 11.1. The number of amides is 2. The molecule has 0 bridgehead atoms. The van der Waals surface area contributed by atoms with Crippen LogP contribution in [0.2, 0.25) is 5.02 Å². The van der Waals surface area contributed by atoms with E-state index in [0.717, 1.165) is 53.7 Å². The average molecular weight is 530 g/mol. The first-order chi connectivity index (χ1) is 18.3. The van der Waals surface area contributed by atoms with Crippen LogP contribution in [0, 0.1) is 19.8 Å². The van der Waals surface area contributed by atoms with E-state index in [9.17, 15) is 9.59 Å². The number of piperidine rings is 1. The summed E-state index contributed by atoms with van der Waals surface area (Å²) in [5.41, 5.74) is 5.30. The number of nitrogens with one attached hydrogen (secondary N) is 1. The second kappa shape index (κ2) is 11.2. The summed E-state index contributed by atoms with van der Waals surface area (Å²) < 4.78 is 0. The van der Waals surface area contributed by atoms with Crippen molar-refractivity contribution in [1.29, 1.82) is 0 Å². The number of rotatable bonds is 5. The molecule has 2 heterocycles. The summed E-state index contributed by atoms with van der Waals surface area (Å²) in [5.74, 6) is -0.522. The maximum atomic E-state index is 14.0. The minimum atomic E-state index is -0.398. The molecule has 198 valence electrons. The summed E-state index contributed by atoms with van der Waals surface area (Å²) in [6.07, 6.45) is 3.78. The van der Waals surface area contributed by atoms with Gasteiger partial charge in [-0.15, -0.1) is 0 Å². The molecule has 0 aromatic heterocycles. The lowest BCUT2D eigenvalue weighted by Crippen LogP contribution is -2.46. The van der Waals surface area contributed by atoms with Crippen LogP contribution in [0.1, 0.15) is 65.7 Å². The Morgan fingerprint density at radius 1 is 0.895 bits per heavy atom. The predicted octanol–water partition coefficient (Wildman–Crippen LogP) is 7.18. The molecule has 38 heavy (non-hydrogen) atoms. The van der Waals surface area contributed by atoms with Crippen molar-refractivity contribution in [2.75, 3.05) is 23.3 Å². The van der Waals surface area contributed by atoms with Gasteiger partial charge in [0.05, 0.1) is 22.7 Å². The van der Waals surface area contributed by atoms with Crippen LogP contribution in [0.5, 0.6) is 0 Å². The van der Waals surface area contributed by atoms with Crippen LogP contribution in [-0.2, 0) is 4.79 Å². The number of aryl methyl sites for hydroxylation is 2. The van der Waals surface area contributed by atoms with E-state index in [0.29, 0.717) is 29.7 Å². The zero-order valence-corrected chi connectivity index (χ0v) is 23.2. The molecule has 2 amide bonds. The van der Waals surface area contributed by atoms with Crippen LogP contribution in [-0.4, -0.2) is 35.8 Å². The van der Waals surface area contributed by atoms with Crippen molar-refractivity contribution in [2.24, 2.45) is 5.92 Å². The summed E-state index contributed by atoms with van der Waals surface area (Å²) in [4.78, 5) is 32.2. The second-order valence-electron chi connectivity index (χ2n) is 10.7. The lowest BCUT2D eigenvalue weighted by molar-refractivity contribution is -0.123. The third-order valence-corrected chi connectivity index (χ3v) is 8.49. The Labute approximate surface area is 230 Å². The summed E-state index contributed by atoms with van der Waals surface area (Å²) in [6.45, 7) is 7.79. The molecule has 3 atom stereocenters. The van der Waals surface area contributed by atoms with E-state index >= 15 is 0 Å². The highest BCUT2D eigenvalue weighted by Gasteiger charge is 2.40. The van der Waals surface area contributed by atoms with Crippen molar-refractivity contribution in [3.8, 4) is 0 Å². The zero-order valence-electron chi connectivity index (χ0n) is 22.4. The highest BCUT2D eigenvalue weighted by atomic mass is 35.5. The van der Waals surface area contributed by atoms with E-state index in [2.05, 4.69) is 17.1 Å². The fourth-order valence-corrected chi connectivity index (χ4v) is 6.35. The number of halogens is 1. The Morgan fingerprint density at radius 3 is 2.29 bits per heavy atom. The topological polar surface area (TPSA) is 52.7 Å². The monoisotopic (exact) mass is 529 g/mol. The molecule has 2 fully saturated rings. The molecule has 2 aliphatic rings. The Kier molecular flexibility index (Phi) is 7.75. The number of hydrogen-bond acceptors (Lipinski definition) is 3. The van der Waals surface area contributed by atoms with Gasteiger partial charge in [-0.3, -0.25) is 9.59 Å². The van der Waals surface area contributed by atoms with Crippen LogP contribution < -0.4 is 10.2 Å². The number of hydrogen-bond donors (Lipinski definition) is 1. The first-order valence-corrected chi connectivity index (χ1v) is 14.0. The molecule has 6 heteroatoms. The van der Waals surface area contributed by atoms with E-state index in [1.807, 2.05) is 85.5 Å². The molecule has 0 spiro atoms. The van der Waals surface area contributed by atoms with E-state index in [1.54, 1.807) is 0 Å². The van der Waals surface area contributed by atoms with Crippen molar-refractivity contribution in [3.63, 3.8) is 0 Å². The smallest absolute Gasteiger partial charge is 0.254 e. The Hall–Kier alpha value is -3.31. The standard InChI is InChI=1S/C32H36ClN3O2/c1-21-10-7-11-22(2)29(21)32(38)36-19-9-15-26(30(36)24-13-5-4-6-14-24)31(37)34-28-20-25(16-17-27(28)33)35-18-8-12-23(35)3/h4-7,10-11,13-14,16-17,20,23,26,30H,8-9,12,15,18-19H2,1-3H3,(H,34,37)/t23?,26-,30-/m0/s1. The lowest BCUT2D eigenvalue weighted by Gasteiger charge is -2.41. The average Bonchev–Trinajstić information content (AvgIpc) is 3.35. The minimum absolute atomic E-state index is 0.0185. The largest absolute Gasteiger partial charge is 0.369 e. The summed E-state index contributed by atoms with van der Waals surface area (Å²) >= 11 is 6.57. The van der Waals surface area contributed by atoms with Gasteiger partial charge in [-0.1, -0.05) is 60.1 Å². The molecule has 0 saturated carbocycles. The van der Waals surface area contributed by atoms with E-state index in [1.165, 1.54) is 0 Å². The maximum absolute atomic E-state index is 14.0. The normalized spacial score (nSPS) is 21.4. The van der Waals surface area contributed by atoms with Crippen molar-refractivity contribution < 1.29 is 9.59 Å². The SMILES string of the molecule is Cc1cccc(C)c1C(=O)N1CCC[C@H](C(=O)Nc2cc(N3CCCC3C)ccc2Cl)[C@@H]1c1ccccc1. The van der Waals surface area contributed by atoms with Crippen LogP contribution in [0.25, 0.3) is 0 Å². The van der Waals surface area contributed by atoms with Crippen LogP contribution in [0.4, 0.5) is 11.4 Å². The molecule has 5 nitrogen and oxygen atoms in total. The Morgan fingerprint density at radius 2 is 1.61 bits per heavy atom. The number of likely N-dealkylation sites (tertiary alicyclic amines) is 1. The summed E-state index contributed by atoms with van der Waals surface area (Å²) in [6, 6.07) is 21.8. The predicted molar refractivity (Wildman–Crippen MR) is 155 cm³/mol. The molecule has 3 aromatic rings. The molecule has 2 aliphatic heterocycles. The summed E-state index contributed by atoms with van der Waals surface area (Å²) in [7, 11) is 0. The van der Waals surface area contributed by atoms with Crippen LogP contribution in [0.3, 0.4) is 0 Å². The molecule has 2 saturated heterocycles. The third kappa shape index (κ3) is 5.17. The van der Waals surface area contributed by atoms with Gasteiger partial charge >= 0.3 is 0 Å². The van der Waals surface area contributed by atoms with Gasteiger partial charge in [-0.25, -0.2) is 0 Å². The third-order valence-electron chi connectivity index (χ3n) is 8.16. The highest BCUT2D eigenvalue weighted by molar-refractivity contribution is 6.33. The number of anilines is 2. The molecular formula is C32H36ClN3O2. The molecule has 1 N–H and O–H groups in total. The van der Waals surface area contributed by atoms with Crippen LogP contribution in [0.15, 0.2) is 66.7 Å². The number of benzene rings is 3. The van der Waals surface area contributed by atoms with Gasteiger partial charge in [0, 0.05) is 30.4 Å². The first kappa shape index (κ1) is 26.3. The number of carbonyl (C=O) groups excluding carboxylic acids is 2. The van der Waals surface area contributed by atoms with Crippen molar-refractivity contribution in [1.82, 2.24) is 4.90 Å². The van der Waals surface area contributed by atoms with E-state index < -0.39 is 5.92 Å². The van der Waals surface area contributed by atoms with Gasteiger partial charge in [-0.2, -0.15) is 0 Å². The fraction of sp³-hybridized carbons (Fsp3) is 0.375. The number of carbonyl (C=O) groups is 2. The molecule has 0 aliphatic carbocycles. The van der Waals surface area contributed by atoms with Crippen molar-refractivity contribution in [3.05, 3.63) is 94.0 Å². The van der Waals surface area contributed by atoms with Gasteiger partial charge in [-0.05, 0) is 81.3 Å². The quantitative estimate of drug-likeness (QED) is 0.381. The van der Waals surface area contributed by atoms with Gasteiger partial charge in [0.25, 0.3) is 5.91 Å². The minimum Gasteiger partial charge on any atom is -0.369 e. The lowest BCUT2D eigenvalue weighted by atomic mass is 9.83. The van der Waals surface area contributed by atoms with Gasteiger partial charge < -0.3 is 15.1 Å². The molecule has 3 aromatic carbocycles. The molecular weight excluding hydrogens is 494 g/mol. The highest BCUT2D eigenvalue weighted by Crippen LogP contribution is 2.39. The van der Waals surface area contributed by atoms with Crippen molar-refractivity contribution >= 4 is 34.8 Å². The number of nitrogens with zero attached hydrogens (tertiary/aromatic N) is 2. The molecule has 0 radical (unpaired) electrons.